The lowest BCUT2D eigenvalue weighted by Crippen LogP contribution is -2.36. The Morgan fingerprint density at radius 2 is 2.05 bits per heavy atom. The molecule has 1 amide bonds. The minimum Gasteiger partial charge on any atom is -0.311 e. The summed E-state index contributed by atoms with van der Waals surface area (Å²) in [5.74, 6) is 1.54. The van der Waals surface area contributed by atoms with Crippen LogP contribution in [0.15, 0.2) is 41.4 Å². The molecule has 2 aromatic rings. The molecule has 0 aliphatic carbocycles. The molecular formula is C14H9ClN2O3S. The highest BCUT2D eigenvalue weighted by Gasteiger charge is 2.36. The zero-order valence-corrected chi connectivity index (χ0v) is 12.2. The van der Waals surface area contributed by atoms with Crippen molar-refractivity contribution in [3.8, 4) is 18.0 Å². The maximum absolute atomic E-state index is 12.7. The number of fused-ring (bicyclic) bond motifs is 3. The van der Waals surface area contributed by atoms with E-state index in [1.807, 2.05) is 0 Å². The lowest BCUT2D eigenvalue weighted by atomic mass is 10.3. The van der Waals surface area contributed by atoms with Crippen molar-refractivity contribution in [1.29, 1.82) is 0 Å². The zero-order valence-electron chi connectivity index (χ0n) is 10.7. The third-order valence-electron chi connectivity index (χ3n) is 3.18. The molecule has 0 bridgehead atoms. The number of nitrogens with zero attached hydrogens (tertiary/aromatic N) is 2. The predicted octanol–water partition coefficient (Wildman–Crippen LogP) is 1.91. The molecule has 0 unspecified atom stereocenters. The molecule has 0 radical (unpaired) electrons. The van der Waals surface area contributed by atoms with Gasteiger partial charge in [0.15, 0.2) is 0 Å². The fraction of sp³-hybridized carbons (Fsp3) is 0.0714. The smallest absolute Gasteiger partial charge is 0.285 e. The van der Waals surface area contributed by atoms with E-state index in [0.29, 0.717) is 9.99 Å². The number of amides is 1. The molecule has 2 heterocycles. The Labute approximate surface area is 126 Å². The van der Waals surface area contributed by atoms with Crippen molar-refractivity contribution in [2.75, 3.05) is 6.54 Å². The van der Waals surface area contributed by atoms with Crippen LogP contribution in [0.5, 0.6) is 0 Å². The second kappa shape index (κ2) is 4.65. The summed E-state index contributed by atoms with van der Waals surface area (Å²) in [5.41, 5.74) is 0.599. The number of hydrogen-bond acceptors (Lipinski definition) is 3. The van der Waals surface area contributed by atoms with Gasteiger partial charge in [-0.05, 0) is 30.3 Å². The number of aromatic nitrogens is 1. The first-order valence-electron chi connectivity index (χ1n) is 5.94. The van der Waals surface area contributed by atoms with Gasteiger partial charge in [0, 0.05) is 11.2 Å². The monoisotopic (exact) mass is 320 g/mol. The van der Waals surface area contributed by atoms with Crippen LogP contribution in [0.2, 0.25) is 5.02 Å². The Kier molecular flexibility index (Phi) is 3.04. The average molecular weight is 321 g/mol. The van der Waals surface area contributed by atoms with Crippen LogP contribution in [-0.4, -0.2) is 29.7 Å². The molecule has 5 nitrogen and oxygen atoms in total. The molecule has 0 saturated heterocycles. The summed E-state index contributed by atoms with van der Waals surface area (Å²) in [4.78, 5) is 12.4. The van der Waals surface area contributed by atoms with Crippen LogP contribution < -0.4 is 0 Å². The number of terminal acetylenes is 1. The predicted molar refractivity (Wildman–Crippen MR) is 77.8 cm³/mol. The molecule has 0 N–H and O–H groups in total. The van der Waals surface area contributed by atoms with Crippen LogP contribution in [0, 0.1) is 12.3 Å². The summed E-state index contributed by atoms with van der Waals surface area (Å²) in [6.45, 7) is -0.335. The van der Waals surface area contributed by atoms with E-state index in [-0.39, 0.29) is 22.2 Å². The third kappa shape index (κ3) is 1.94. The van der Waals surface area contributed by atoms with Gasteiger partial charge in [-0.3, -0.25) is 4.79 Å². The molecule has 0 saturated carbocycles. The molecule has 106 valence electrons. The lowest BCUT2D eigenvalue weighted by Gasteiger charge is -2.17. The Morgan fingerprint density at radius 3 is 2.76 bits per heavy atom. The molecule has 21 heavy (non-hydrogen) atoms. The van der Waals surface area contributed by atoms with E-state index >= 15 is 0 Å². The van der Waals surface area contributed by atoms with Crippen LogP contribution in [0.3, 0.4) is 0 Å². The molecule has 1 aromatic carbocycles. The maximum Gasteiger partial charge on any atom is 0.285 e. The summed E-state index contributed by atoms with van der Waals surface area (Å²) >= 11 is 5.90. The Hall–Kier alpha value is -2.23. The van der Waals surface area contributed by atoms with Crippen molar-refractivity contribution in [2.45, 2.75) is 4.90 Å². The Morgan fingerprint density at radius 1 is 1.29 bits per heavy atom. The quantitative estimate of drug-likeness (QED) is 0.754. The normalized spacial score (nSPS) is 15.8. The van der Waals surface area contributed by atoms with E-state index in [0.717, 1.165) is 0 Å². The van der Waals surface area contributed by atoms with Gasteiger partial charge >= 0.3 is 0 Å². The molecule has 3 rings (SSSR count). The van der Waals surface area contributed by atoms with Crippen molar-refractivity contribution in [3.63, 3.8) is 0 Å². The number of halogens is 1. The SMILES string of the molecule is C#CCN1C(=O)c2cccn2-c2ccc(Cl)cc2S1(=O)=O. The number of benzene rings is 1. The van der Waals surface area contributed by atoms with Gasteiger partial charge in [0.05, 0.1) is 12.2 Å². The van der Waals surface area contributed by atoms with Crippen LogP contribution in [0.4, 0.5) is 0 Å². The van der Waals surface area contributed by atoms with Crippen molar-refractivity contribution in [3.05, 3.63) is 47.2 Å². The Balaban J connectivity index is 2.41. The second-order valence-corrected chi connectivity index (χ2v) is 6.66. The van der Waals surface area contributed by atoms with Gasteiger partial charge in [-0.1, -0.05) is 17.5 Å². The highest BCUT2D eigenvalue weighted by atomic mass is 35.5. The number of carbonyl (C=O) groups is 1. The lowest BCUT2D eigenvalue weighted by molar-refractivity contribution is 0.0867. The molecule has 0 atom stereocenters. The highest BCUT2D eigenvalue weighted by Crippen LogP contribution is 2.32. The summed E-state index contributed by atoms with van der Waals surface area (Å²) in [6.07, 6.45) is 6.82. The summed E-state index contributed by atoms with van der Waals surface area (Å²) in [5, 5.41) is 0.265. The molecule has 7 heteroatoms. The third-order valence-corrected chi connectivity index (χ3v) is 5.17. The molecular weight excluding hydrogens is 312 g/mol. The van der Waals surface area contributed by atoms with Gasteiger partial charge in [0.1, 0.15) is 10.6 Å². The molecule has 0 fully saturated rings. The molecule has 0 spiro atoms. The second-order valence-electron chi connectivity index (χ2n) is 4.40. The number of rotatable bonds is 1. The van der Waals surface area contributed by atoms with Crippen molar-refractivity contribution < 1.29 is 13.2 Å². The summed E-state index contributed by atoms with van der Waals surface area (Å²) in [7, 11) is -4.05. The number of hydrogen-bond donors (Lipinski definition) is 0. The van der Waals surface area contributed by atoms with E-state index in [9.17, 15) is 13.2 Å². The minimum atomic E-state index is -4.05. The van der Waals surface area contributed by atoms with Crippen molar-refractivity contribution >= 4 is 27.5 Å². The van der Waals surface area contributed by atoms with Gasteiger partial charge in [-0.25, -0.2) is 12.7 Å². The van der Waals surface area contributed by atoms with Gasteiger partial charge in [0.25, 0.3) is 15.9 Å². The van der Waals surface area contributed by atoms with E-state index in [2.05, 4.69) is 5.92 Å². The molecule has 1 aromatic heterocycles. The highest BCUT2D eigenvalue weighted by molar-refractivity contribution is 7.89. The zero-order chi connectivity index (χ0) is 15.2. The summed E-state index contributed by atoms with van der Waals surface area (Å²) < 4.78 is 27.6. The fourth-order valence-corrected chi connectivity index (χ4v) is 3.99. The fourth-order valence-electron chi connectivity index (χ4n) is 2.25. The first-order chi connectivity index (χ1) is 9.96. The van der Waals surface area contributed by atoms with E-state index in [1.165, 1.54) is 10.6 Å². The van der Waals surface area contributed by atoms with Crippen LogP contribution in [-0.2, 0) is 10.0 Å². The molecule has 1 aliphatic rings. The Bertz CT molecular complexity index is 893. The van der Waals surface area contributed by atoms with Crippen LogP contribution in [0.25, 0.3) is 5.69 Å². The maximum atomic E-state index is 12.7. The van der Waals surface area contributed by atoms with E-state index in [4.69, 9.17) is 18.0 Å². The summed E-state index contributed by atoms with van der Waals surface area (Å²) in [6, 6.07) is 7.66. The van der Waals surface area contributed by atoms with Gasteiger partial charge in [-0.2, -0.15) is 0 Å². The van der Waals surface area contributed by atoms with Crippen LogP contribution >= 0.6 is 11.6 Å². The average Bonchev–Trinajstić information content (AvgIpc) is 2.90. The van der Waals surface area contributed by atoms with E-state index < -0.39 is 15.9 Å². The topological polar surface area (TPSA) is 59.4 Å². The van der Waals surface area contributed by atoms with Gasteiger partial charge < -0.3 is 4.57 Å². The number of sulfonamides is 1. The van der Waals surface area contributed by atoms with Crippen molar-refractivity contribution in [1.82, 2.24) is 8.87 Å². The van der Waals surface area contributed by atoms with E-state index in [1.54, 1.807) is 30.5 Å². The first-order valence-corrected chi connectivity index (χ1v) is 7.76. The molecule has 1 aliphatic heterocycles. The first kappa shape index (κ1) is 13.7. The largest absolute Gasteiger partial charge is 0.311 e. The van der Waals surface area contributed by atoms with Crippen molar-refractivity contribution in [2.24, 2.45) is 0 Å². The standard InChI is InChI=1S/C14H9ClN2O3S/c1-2-7-17-14(18)12-4-3-8-16(12)11-6-5-10(15)9-13(11)21(17,19)20/h1,3-6,8-9H,7H2. The van der Waals surface area contributed by atoms with Gasteiger partial charge in [-0.15, -0.1) is 6.42 Å². The van der Waals surface area contributed by atoms with Crippen LogP contribution in [0.1, 0.15) is 10.5 Å². The minimum absolute atomic E-state index is 0.0476. The van der Waals surface area contributed by atoms with Gasteiger partial charge in [0.2, 0.25) is 0 Å². The number of carbonyl (C=O) groups excluding carboxylic acids is 1.